The van der Waals surface area contributed by atoms with Gasteiger partial charge in [0.2, 0.25) is 0 Å². The topological polar surface area (TPSA) is 56.7 Å². The fraction of sp³-hybridized carbons (Fsp3) is 0.273. The van der Waals surface area contributed by atoms with Crippen LogP contribution in [-0.2, 0) is 6.18 Å². The van der Waals surface area contributed by atoms with Crippen molar-refractivity contribution >= 4 is 0 Å². The molecule has 2 rings (SSSR count). The lowest BCUT2D eigenvalue weighted by Crippen LogP contribution is -2.07. The normalized spacial score (nSPS) is 13.6. The van der Waals surface area contributed by atoms with Crippen molar-refractivity contribution in [2.24, 2.45) is 5.73 Å². The van der Waals surface area contributed by atoms with Gasteiger partial charge >= 0.3 is 6.18 Å². The first-order valence-corrected chi connectivity index (χ1v) is 5.21. The van der Waals surface area contributed by atoms with E-state index >= 15 is 0 Å². The molecule has 2 N–H and O–H groups in total. The molecule has 2 heterocycles. The molecule has 0 saturated carbocycles. The highest BCUT2D eigenvalue weighted by Crippen LogP contribution is 2.29. The van der Waals surface area contributed by atoms with E-state index in [4.69, 9.17) is 5.73 Å². The quantitative estimate of drug-likeness (QED) is 0.897. The van der Waals surface area contributed by atoms with Crippen LogP contribution in [0.2, 0.25) is 0 Å². The van der Waals surface area contributed by atoms with Crippen LogP contribution in [0.4, 0.5) is 13.2 Å². The molecule has 18 heavy (non-hydrogen) atoms. The molecule has 0 saturated heterocycles. The summed E-state index contributed by atoms with van der Waals surface area (Å²) in [5, 5.41) is 3.65. The van der Waals surface area contributed by atoms with Crippen molar-refractivity contribution in [1.29, 1.82) is 0 Å². The largest absolute Gasteiger partial charge is 0.419 e. The monoisotopic (exact) mass is 256 g/mol. The van der Waals surface area contributed by atoms with Gasteiger partial charge in [-0.1, -0.05) is 0 Å². The Hall–Kier alpha value is -1.89. The maximum Gasteiger partial charge on any atom is 0.419 e. The van der Waals surface area contributed by atoms with Crippen LogP contribution in [0.5, 0.6) is 0 Å². The number of pyridine rings is 1. The smallest absolute Gasteiger partial charge is 0.323 e. The Kier molecular flexibility index (Phi) is 3.08. The van der Waals surface area contributed by atoms with Gasteiger partial charge in [-0.15, -0.1) is 0 Å². The Balaban J connectivity index is 2.29. The molecule has 1 atom stereocenters. The second-order valence-corrected chi connectivity index (χ2v) is 3.90. The molecule has 0 fully saturated rings. The first-order chi connectivity index (χ1) is 8.38. The van der Waals surface area contributed by atoms with Crippen LogP contribution < -0.4 is 5.73 Å². The van der Waals surface area contributed by atoms with E-state index in [1.165, 1.54) is 6.20 Å². The van der Waals surface area contributed by atoms with Crippen LogP contribution in [-0.4, -0.2) is 14.8 Å². The third-order valence-corrected chi connectivity index (χ3v) is 2.41. The molecule has 0 spiro atoms. The van der Waals surface area contributed by atoms with Gasteiger partial charge in [0.15, 0.2) is 0 Å². The summed E-state index contributed by atoms with van der Waals surface area (Å²) in [5.41, 5.74) is 5.96. The number of hydrogen-bond acceptors (Lipinski definition) is 3. The van der Waals surface area contributed by atoms with E-state index < -0.39 is 11.7 Å². The van der Waals surface area contributed by atoms with E-state index in [0.717, 1.165) is 17.1 Å². The molecule has 2 aromatic rings. The van der Waals surface area contributed by atoms with Gasteiger partial charge in [-0.25, -0.2) is 4.68 Å². The molecular weight excluding hydrogens is 245 g/mol. The molecule has 0 aromatic carbocycles. The molecule has 0 aliphatic heterocycles. The summed E-state index contributed by atoms with van der Waals surface area (Å²) >= 11 is 0. The Labute approximate surface area is 101 Å². The van der Waals surface area contributed by atoms with Crippen LogP contribution in [0.1, 0.15) is 24.2 Å². The summed E-state index contributed by atoms with van der Waals surface area (Å²) in [7, 11) is 0. The molecule has 0 radical (unpaired) electrons. The highest BCUT2D eigenvalue weighted by Gasteiger charge is 2.32. The highest BCUT2D eigenvalue weighted by molar-refractivity contribution is 5.30. The molecule has 0 bridgehead atoms. The van der Waals surface area contributed by atoms with Crippen molar-refractivity contribution in [3.05, 3.63) is 42.0 Å². The first-order valence-electron chi connectivity index (χ1n) is 5.21. The lowest BCUT2D eigenvalue weighted by molar-refractivity contribution is -0.137. The lowest BCUT2D eigenvalue weighted by Gasteiger charge is -2.06. The zero-order valence-corrected chi connectivity index (χ0v) is 9.52. The van der Waals surface area contributed by atoms with Crippen molar-refractivity contribution < 1.29 is 13.2 Å². The molecule has 2 aromatic heterocycles. The van der Waals surface area contributed by atoms with Crippen molar-refractivity contribution in [3.8, 4) is 5.69 Å². The average molecular weight is 256 g/mol. The first kappa shape index (κ1) is 12.6. The van der Waals surface area contributed by atoms with Gasteiger partial charge in [0.1, 0.15) is 0 Å². The molecule has 0 aliphatic rings. The van der Waals surface area contributed by atoms with Crippen LogP contribution in [0.3, 0.4) is 0 Å². The third kappa shape index (κ3) is 2.51. The molecule has 4 nitrogen and oxygen atoms in total. The SMILES string of the molecule is C[C@@H](N)c1ccc(-n2cc(C(F)(F)F)cn2)cn1. The van der Waals surface area contributed by atoms with E-state index in [0.29, 0.717) is 11.4 Å². The van der Waals surface area contributed by atoms with E-state index in [9.17, 15) is 13.2 Å². The zero-order chi connectivity index (χ0) is 13.3. The van der Waals surface area contributed by atoms with Gasteiger partial charge in [0.05, 0.1) is 29.3 Å². The summed E-state index contributed by atoms with van der Waals surface area (Å²) in [6, 6.07) is 3.07. The predicted molar refractivity (Wildman–Crippen MR) is 59.0 cm³/mol. The molecule has 0 amide bonds. The zero-order valence-electron chi connectivity index (χ0n) is 9.52. The lowest BCUT2D eigenvalue weighted by atomic mass is 10.2. The minimum absolute atomic E-state index is 0.220. The van der Waals surface area contributed by atoms with Gasteiger partial charge < -0.3 is 5.73 Å². The Morgan fingerprint density at radius 1 is 1.28 bits per heavy atom. The molecule has 7 heteroatoms. The standard InChI is InChI=1S/C11H11F3N4/c1-7(15)10-3-2-9(5-16-10)18-6-8(4-17-18)11(12,13)14/h2-7H,15H2,1H3/t7-/m1/s1. The van der Waals surface area contributed by atoms with E-state index in [2.05, 4.69) is 10.1 Å². The number of rotatable bonds is 2. The van der Waals surface area contributed by atoms with Gasteiger partial charge in [-0.2, -0.15) is 18.3 Å². The number of halogens is 3. The summed E-state index contributed by atoms with van der Waals surface area (Å²) in [6.45, 7) is 1.78. The number of nitrogens with zero attached hydrogens (tertiary/aromatic N) is 3. The fourth-order valence-corrected chi connectivity index (χ4v) is 1.41. The van der Waals surface area contributed by atoms with Crippen LogP contribution in [0.15, 0.2) is 30.7 Å². The van der Waals surface area contributed by atoms with Crippen molar-refractivity contribution in [2.45, 2.75) is 19.1 Å². The Morgan fingerprint density at radius 2 is 2.00 bits per heavy atom. The summed E-state index contributed by atoms with van der Waals surface area (Å²) in [4.78, 5) is 4.06. The fourth-order valence-electron chi connectivity index (χ4n) is 1.41. The van der Waals surface area contributed by atoms with Crippen LogP contribution in [0, 0.1) is 0 Å². The van der Waals surface area contributed by atoms with Gasteiger partial charge in [0, 0.05) is 12.2 Å². The average Bonchev–Trinajstić information content (AvgIpc) is 2.78. The molecule has 96 valence electrons. The third-order valence-electron chi connectivity index (χ3n) is 2.41. The molecule has 0 unspecified atom stereocenters. The number of hydrogen-bond donors (Lipinski definition) is 1. The number of aromatic nitrogens is 3. The second-order valence-electron chi connectivity index (χ2n) is 3.90. The van der Waals surface area contributed by atoms with E-state index in [1.54, 1.807) is 19.1 Å². The predicted octanol–water partition coefficient (Wildman–Crippen LogP) is 2.31. The van der Waals surface area contributed by atoms with Crippen molar-refractivity contribution in [2.75, 3.05) is 0 Å². The highest BCUT2D eigenvalue weighted by atomic mass is 19.4. The van der Waals surface area contributed by atoms with Crippen molar-refractivity contribution in [3.63, 3.8) is 0 Å². The Bertz CT molecular complexity index is 528. The Morgan fingerprint density at radius 3 is 2.44 bits per heavy atom. The number of alkyl halides is 3. The minimum atomic E-state index is -4.39. The minimum Gasteiger partial charge on any atom is -0.323 e. The van der Waals surface area contributed by atoms with Crippen LogP contribution >= 0.6 is 0 Å². The van der Waals surface area contributed by atoms with Gasteiger partial charge in [-0.05, 0) is 19.1 Å². The van der Waals surface area contributed by atoms with Crippen molar-refractivity contribution in [1.82, 2.24) is 14.8 Å². The number of nitrogens with two attached hydrogens (primary N) is 1. The molecular formula is C11H11F3N4. The molecule has 0 aliphatic carbocycles. The second kappa shape index (κ2) is 4.41. The maximum absolute atomic E-state index is 12.4. The van der Waals surface area contributed by atoms with Gasteiger partial charge in [-0.3, -0.25) is 4.98 Å². The van der Waals surface area contributed by atoms with Crippen LogP contribution in [0.25, 0.3) is 5.69 Å². The van der Waals surface area contributed by atoms with E-state index in [1.807, 2.05) is 0 Å². The maximum atomic E-state index is 12.4. The summed E-state index contributed by atoms with van der Waals surface area (Å²) in [5.74, 6) is 0. The summed E-state index contributed by atoms with van der Waals surface area (Å²) < 4.78 is 38.3. The summed E-state index contributed by atoms with van der Waals surface area (Å²) in [6.07, 6.45) is -1.26. The van der Waals surface area contributed by atoms with Gasteiger partial charge in [0.25, 0.3) is 0 Å². The van der Waals surface area contributed by atoms with E-state index in [-0.39, 0.29) is 6.04 Å².